The predicted octanol–water partition coefficient (Wildman–Crippen LogP) is 3.21. The lowest BCUT2D eigenvalue weighted by molar-refractivity contribution is 0.0696. The number of sulfonamides is 1. The summed E-state index contributed by atoms with van der Waals surface area (Å²) in [4.78, 5) is 11.2. The van der Waals surface area contributed by atoms with E-state index in [9.17, 15) is 18.3 Å². The maximum Gasteiger partial charge on any atom is 0.335 e. The van der Waals surface area contributed by atoms with Crippen LogP contribution in [0.25, 0.3) is 0 Å². The Bertz CT molecular complexity index is 682. The first-order chi connectivity index (χ1) is 11.3. The summed E-state index contributed by atoms with van der Waals surface area (Å²) in [6.07, 6.45) is 5.84. The molecular weight excluding hydrogens is 328 g/mol. The number of anilines is 1. The van der Waals surface area contributed by atoms with Gasteiger partial charge in [0.2, 0.25) is 10.0 Å². The number of hydrogen-bond donors (Lipinski definition) is 3. The summed E-state index contributed by atoms with van der Waals surface area (Å²) in [6, 6.07) is 4.27. The van der Waals surface area contributed by atoms with Gasteiger partial charge in [-0.05, 0) is 44.4 Å². The van der Waals surface area contributed by atoms with Gasteiger partial charge in [0.05, 0.1) is 11.3 Å². The fourth-order valence-corrected chi connectivity index (χ4v) is 4.58. The van der Waals surface area contributed by atoms with Crippen LogP contribution in [-0.2, 0) is 10.0 Å². The Morgan fingerprint density at radius 1 is 1.33 bits per heavy atom. The number of carbonyl (C=O) groups is 1. The molecule has 1 fully saturated rings. The average molecular weight is 354 g/mol. The molecule has 0 bridgehead atoms. The molecule has 2 rings (SSSR count). The molecule has 1 aromatic rings. The molecule has 0 heterocycles. The molecule has 1 aliphatic rings. The molecule has 0 radical (unpaired) electrons. The lowest BCUT2D eigenvalue weighted by atomic mass is 10.2. The summed E-state index contributed by atoms with van der Waals surface area (Å²) in [5.74, 6) is -1.14. The van der Waals surface area contributed by atoms with Crippen LogP contribution in [0.1, 0.15) is 62.7 Å². The molecule has 1 aliphatic carbocycles. The molecular formula is C17H26N2O4S. The molecule has 3 N–H and O–H groups in total. The van der Waals surface area contributed by atoms with E-state index in [1.807, 2.05) is 13.8 Å². The number of carboxylic acid groups (broad SMARTS) is 1. The van der Waals surface area contributed by atoms with Gasteiger partial charge < -0.3 is 10.4 Å². The van der Waals surface area contributed by atoms with Gasteiger partial charge in [-0.15, -0.1) is 0 Å². The van der Waals surface area contributed by atoms with E-state index in [0.29, 0.717) is 5.69 Å². The first kappa shape index (κ1) is 18.7. The maximum absolute atomic E-state index is 12.7. The Labute approximate surface area is 143 Å². The second-order valence-corrected chi connectivity index (χ2v) is 8.14. The number of nitrogens with one attached hydrogen (secondary N) is 2. The van der Waals surface area contributed by atoms with Crippen LogP contribution in [-0.4, -0.2) is 31.6 Å². The van der Waals surface area contributed by atoms with Gasteiger partial charge in [0.15, 0.2) is 0 Å². The summed E-state index contributed by atoms with van der Waals surface area (Å²) in [5.41, 5.74) is 0.443. The number of carboxylic acids is 1. The quantitative estimate of drug-likeness (QED) is 0.666. The summed E-state index contributed by atoms with van der Waals surface area (Å²) in [5, 5.41) is 12.5. The highest BCUT2D eigenvalue weighted by Gasteiger charge is 2.24. The van der Waals surface area contributed by atoms with Crippen molar-refractivity contribution in [1.82, 2.24) is 4.72 Å². The van der Waals surface area contributed by atoms with Gasteiger partial charge in [0.1, 0.15) is 4.90 Å². The lowest BCUT2D eigenvalue weighted by Gasteiger charge is -2.19. The Kier molecular flexibility index (Phi) is 6.23. The van der Waals surface area contributed by atoms with E-state index >= 15 is 0 Å². The Morgan fingerprint density at radius 3 is 2.58 bits per heavy atom. The van der Waals surface area contributed by atoms with E-state index in [4.69, 9.17) is 0 Å². The number of rotatable bonds is 8. The zero-order valence-electron chi connectivity index (χ0n) is 14.2. The molecule has 0 saturated heterocycles. The molecule has 1 aromatic carbocycles. The van der Waals surface area contributed by atoms with Crippen LogP contribution < -0.4 is 10.0 Å². The van der Waals surface area contributed by atoms with Crippen molar-refractivity contribution in [1.29, 1.82) is 0 Å². The Hall–Kier alpha value is -1.60. The normalized spacial score (nSPS) is 16.9. The third-order valence-electron chi connectivity index (χ3n) is 4.31. The van der Waals surface area contributed by atoms with E-state index in [1.54, 1.807) is 6.07 Å². The Balaban J connectivity index is 2.35. The number of aromatic carboxylic acids is 1. The second-order valence-electron chi connectivity index (χ2n) is 6.45. The topological polar surface area (TPSA) is 95.5 Å². The number of benzene rings is 1. The van der Waals surface area contributed by atoms with E-state index in [0.717, 1.165) is 38.5 Å². The maximum atomic E-state index is 12.7. The molecule has 7 heteroatoms. The van der Waals surface area contributed by atoms with Crippen LogP contribution in [0.2, 0.25) is 0 Å². The molecule has 1 saturated carbocycles. The van der Waals surface area contributed by atoms with Gasteiger partial charge in [0, 0.05) is 12.1 Å². The van der Waals surface area contributed by atoms with Crippen molar-refractivity contribution in [3.63, 3.8) is 0 Å². The standard InChI is InChI=1S/C17H26N2O4S/c1-3-6-12(2)19-24(22,23)16-11-13(17(20)21)9-10-15(16)18-14-7-4-5-8-14/h9-12,14,18-19H,3-8H2,1-2H3,(H,20,21). The summed E-state index contributed by atoms with van der Waals surface area (Å²) < 4.78 is 28.1. The zero-order chi connectivity index (χ0) is 17.7. The van der Waals surface area contributed by atoms with Crippen LogP contribution in [0.3, 0.4) is 0 Å². The fourth-order valence-electron chi connectivity index (χ4n) is 3.11. The van der Waals surface area contributed by atoms with Crippen LogP contribution >= 0.6 is 0 Å². The summed E-state index contributed by atoms with van der Waals surface area (Å²) >= 11 is 0. The van der Waals surface area contributed by atoms with Crippen LogP contribution in [0.5, 0.6) is 0 Å². The molecule has 134 valence electrons. The largest absolute Gasteiger partial charge is 0.478 e. The van der Waals surface area contributed by atoms with Crippen molar-refractivity contribution in [2.45, 2.75) is 69.4 Å². The minimum absolute atomic E-state index is 0.0113. The molecule has 1 atom stereocenters. The smallest absolute Gasteiger partial charge is 0.335 e. The van der Waals surface area contributed by atoms with Crippen molar-refractivity contribution in [2.24, 2.45) is 0 Å². The molecule has 0 aliphatic heterocycles. The van der Waals surface area contributed by atoms with Crippen LogP contribution in [0.4, 0.5) is 5.69 Å². The van der Waals surface area contributed by atoms with Crippen molar-refractivity contribution >= 4 is 21.7 Å². The first-order valence-electron chi connectivity index (χ1n) is 8.49. The molecule has 24 heavy (non-hydrogen) atoms. The van der Waals surface area contributed by atoms with Gasteiger partial charge in [-0.1, -0.05) is 26.2 Å². The van der Waals surface area contributed by atoms with E-state index < -0.39 is 16.0 Å². The molecule has 0 spiro atoms. The average Bonchev–Trinajstić information content (AvgIpc) is 3.00. The lowest BCUT2D eigenvalue weighted by Crippen LogP contribution is -2.33. The summed E-state index contributed by atoms with van der Waals surface area (Å²) in [7, 11) is -3.79. The highest BCUT2D eigenvalue weighted by Crippen LogP contribution is 2.28. The predicted molar refractivity (Wildman–Crippen MR) is 94.0 cm³/mol. The second kappa shape index (κ2) is 7.98. The van der Waals surface area contributed by atoms with E-state index in [2.05, 4.69) is 10.0 Å². The Morgan fingerprint density at radius 2 is 2.00 bits per heavy atom. The van der Waals surface area contributed by atoms with Gasteiger partial charge in [-0.3, -0.25) is 0 Å². The highest BCUT2D eigenvalue weighted by atomic mass is 32.2. The molecule has 1 unspecified atom stereocenters. The van der Waals surface area contributed by atoms with Gasteiger partial charge in [-0.2, -0.15) is 0 Å². The fraction of sp³-hybridized carbons (Fsp3) is 0.588. The van der Waals surface area contributed by atoms with Gasteiger partial charge >= 0.3 is 5.97 Å². The first-order valence-corrected chi connectivity index (χ1v) is 9.98. The van der Waals surface area contributed by atoms with Gasteiger partial charge in [0.25, 0.3) is 0 Å². The van der Waals surface area contributed by atoms with E-state index in [1.165, 1.54) is 12.1 Å². The van der Waals surface area contributed by atoms with Crippen LogP contribution in [0, 0.1) is 0 Å². The minimum atomic E-state index is -3.79. The third kappa shape index (κ3) is 4.70. The zero-order valence-corrected chi connectivity index (χ0v) is 15.0. The van der Waals surface area contributed by atoms with Gasteiger partial charge in [-0.25, -0.2) is 17.9 Å². The van der Waals surface area contributed by atoms with Crippen molar-refractivity contribution in [3.05, 3.63) is 23.8 Å². The van der Waals surface area contributed by atoms with Crippen molar-refractivity contribution < 1.29 is 18.3 Å². The minimum Gasteiger partial charge on any atom is -0.478 e. The number of hydrogen-bond acceptors (Lipinski definition) is 4. The molecule has 6 nitrogen and oxygen atoms in total. The monoisotopic (exact) mass is 354 g/mol. The van der Waals surface area contributed by atoms with Crippen molar-refractivity contribution in [2.75, 3.05) is 5.32 Å². The summed E-state index contributed by atoms with van der Waals surface area (Å²) in [6.45, 7) is 3.80. The van der Waals surface area contributed by atoms with E-state index in [-0.39, 0.29) is 22.5 Å². The van der Waals surface area contributed by atoms with Crippen LogP contribution in [0.15, 0.2) is 23.1 Å². The highest BCUT2D eigenvalue weighted by molar-refractivity contribution is 7.89. The molecule has 0 amide bonds. The van der Waals surface area contributed by atoms with Crippen molar-refractivity contribution in [3.8, 4) is 0 Å². The SMILES string of the molecule is CCCC(C)NS(=O)(=O)c1cc(C(=O)O)ccc1NC1CCCC1. The third-order valence-corrected chi connectivity index (χ3v) is 5.94. The molecule has 0 aromatic heterocycles.